The van der Waals surface area contributed by atoms with Crippen molar-refractivity contribution in [2.24, 2.45) is 7.05 Å². The smallest absolute Gasteiger partial charge is 0.250 e. The van der Waals surface area contributed by atoms with Crippen LogP contribution in [0.4, 0.5) is 0 Å². The van der Waals surface area contributed by atoms with E-state index >= 15 is 0 Å². The topological polar surface area (TPSA) is 92.8 Å². The molecule has 1 N–H and O–H groups in total. The molecule has 1 aliphatic rings. The van der Waals surface area contributed by atoms with Gasteiger partial charge in [0, 0.05) is 31.7 Å². The largest absolute Gasteiger partial charge is 0.543 e. The highest BCUT2D eigenvalue weighted by molar-refractivity contribution is 6.74. The Morgan fingerprint density at radius 3 is 2.62 bits per heavy atom. The Kier molecular flexibility index (Phi) is 9.54. The van der Waals surface area contributed by atoms with E-state index in [1.54, 1.807) is 6.92 Å². The molecule has 2 atom stereocenters. The minimum absolute atomic E-state index is 0.0743. The van der Waals surface area contributed by atoms with Gasteiger partial charge in [0.1, 0.15) is 23.0 Å². The van der Waals surface area contributed by atoms with Gasteiger partial charge in [0.05, 0.1) is 38.0 Å². The van der Waals surface area contributed by atoms with Gasteiger partial charge in [0.15, 0.2) is 6.23 Å². The van der Waals surface area contributed by atoms with Crippen LogP contribution in [-0.4, -0.2) is 71.9 Å². The second-order valence-corrected chi connectivity index (χ2v) is 16.8. The van der Waals surface area contributed by atoms with E-state index in [0.717, 1.165) is 59.7 Å². The lowest BCUT2D eigenvalue weighted by Gasteiger charge is -2.36. The zero-order valence-electron chi connectivity index (χ0n) is 24.7. The lowest BCUT2D eigenvalue weighted by Crippen LogP contribution is -2.43. The van der Waals surface area contributed by atoms with E-state index < -0.39 is 14.4 Å². The second-order valence-electron chi connectivity index (χ2n) is 12.1. The lowest BCUT2D eigenvalue weighted by atomic mass is 10.1. The number of hydrogen-bond acceptors (Lipinski definition) is 7. The summed E-state index contributed by atoms with van der Waals surface area (Å²) in [5.74, 6) is 1.81. The summed E-state index contributed by atoms with van der Waals surface area (Å²) in [7, 11) is 0.00704. The summed E-state index contributed by atoms with van der Waals surface area (Å²) in [6.45, 7) is 15.6. The van der Waals surface area contributed by atoms with Crippen LogP contribution in [0.25, 0.3) is 22.3 Å². The van der Waals surface area contributed by atoms with Crippen molar-refractivity contribution in [3.63, 3.8) is 0 Å². The van der Waals surface area contributed by atoms with Crippen molar-refractivity contribution < 1.29 is 23.7 Å². The SMILES string of the molecule is C[C@H](O)COCCOCCc1nc(-c2nn(C3CCCCO3)c3ccc(O[Si](C)(C)C(C)(C)C)cc23)cn1C. The van der Waals surface area contributed by atoms with E-state index in [2.05, 4.69) is 52.1 Å². The molecule has 9 nitrogen and oxygen atoms in total. The summed E-state index contributed by atoms with van der Waals surface area (Å²) < 4.78 is 27.9. The highest BCUT2D eigenvalue weighted by Crippen LogP contribution is 2.39. The number of aliphatic hydroxyl groups is 1. The number of fused-ring (bicyclic) bond motifs is 1. The van der Waals surface area contributed by atoms with Gasteiger partial charge < -0.3 is 28.3 Å². The molecule has 2 aromatic heterocycles. The Morgan fingerprint density at radius 2 is 1.92 bits per heavy atom. The van der Waals surface area contributed by atoms with Crippen molar-refractivity contribution in [2.45, 2.75) is 83.8 Å². The minimum atomic E-state index is -2.00. The van der Waals surface area contributed by atoms with Gasteiger partial charge in [0.25, 0.3) is 0 Å². The fourth-order valence-electron chi connectivity index (χ4n) is 4.44. The van der Waals surface area contributed by atoms with Gasteiger partial charge >= 0.3 is 0 Å². The van der Waals surface area contributed by atoms with Crippen molar-refractivity contribution in [3.8, 4) is 17.1 Å². The molecule has 216 valence electrons. The number of hydrogen-bond donors (Lipinski definition) is 1. The monoisotopic (exact) mass is 558 g/mol. The molecule has 0 spiro atoms. The molecule has 0 aliphatic carbocycles. The average Bonchev–Trinajstić information content (AvgIpc) is 3.43. The van der Waals surface area contributed by atoms with E-state index in [1.807, 2.05) is 22.5 Å². The number of aryl methyl sites for hydroxylation is 1. The highest BCUT2D eigenvalue weighted by Gasteiger charge is 2.39. The van der Waals surface area contributed by atoms with Gasteiger partial charge in [-0.05, 0) is 62.5 Å². The summed E-state index contributed by atoms with van der Waals surface area (Å²) in [6.07, 6.45) is 5.35. The Labute approximate surface area is 233 Å². The molecule has 3 heterocycles. The fourth-order valence-corrected chi connectivity index (χ4v) is 5.47. The van der Waals surface area contributed by atoms with Gasteiger partial charge in [-0.3, -0.25) is 0 Å². The molecule has 39 heavy (non-hydrogen) atoms. The lowest BCUT2D eigenvalue weighted by molar-refractivity contribution is -0.0365. The molecule has 3 aromatic rings. The van der Waals surface area contributed by atoms with E-state index in [-0.39, 0.29) is 11.3 Å². The van der Waals surface area contributed by atoms with E-state index in [1.165, 1.54) is 0 Å². The molecule has 1 aromatic carbocycles. The second kappa shape index (κ2) is 12.5. The first kappa shape index (κ1) is 29.7. The standard InChI is InChI=1S/C29H46N4O5Si/c1-21(34)20-36-17-16-35-15-13-26-30-24(19-32(26)5)28-23-18-22(38-39(6,7)29(2,3)4)11-12-25(23)33(31-28)27-10-8-9-14-37-27/h11-12,18-19,21,27,34H,8-10,13-17,20H2,1-7H3/t21-,27?/m0/s1. The molecule has 10 heteroatoms. The molecule has 0 amide bonds. The van der Waals surface area contributed by atoms with Crippen LogP contribution < -0.4 is 4.43 Å². The third-order valence-electron chi connectivity index (χ3n) is 7.70. The Bertz CT molecular complexity index is 1220. The fraction of sp³-hybridized carbons (Fsp3) is 0.655. The van der Waals surface area contributed by atoms with Crippen molar-refractivity contribution >= 4 is 19.2 Å². The predicted octanol–water partition coefficient (Wildman–Crippen LogP) is 5.48. The maximum absolute atomic E-state index is 9.27. The van der Waals surface area contributed by atoms with E-state index in [0.29, 0.717) is 32.8 Å². The van der Waals surface area contributed by atoms with Crippen LogP contribution in [0.5, 0.6) is 5.75 Å². The Hall–Kier alpha value is -2.24. The molecule has 1 saturated heterocycles. The quantitative estimate of drug-likeness (QED) is 0.233. The predicted molar refractivity (Wildman–Crippen MR) is 156 cm³/mol. The first-order valence-electron chi connectivity index (χ1n) is 14.2. The maximum Gasteiger partial charge on any atom is 0.250 e. The van der Waals surface area contributed by atoms with Crippen LogP contribution in [0, 0.1) is 0 Å². The summed E-state index contributed by atoms with van der Waals surface area (Å²) in [6, 6.07) is 6.31. The summed E-state index contributed by atoms with van der Waals surface area (Å²) >= 11 is 0. The average molecular weight is 559 g/mol. The first-order valence-corrected chi connectivity index (χ1v) is 17.1. The Morgan fingerprint density at radius 1 is 1.15 bits per heavy atom. The van der Waals surface area contributed by atoms with Crippen LogP contribution in [0.1, 0.15) is 59.0 Å². The van der Waals surface area contributed by atoms with Gasteiger partial charge in [-0.25, -0.2) is 9.67 Å². The van der Waals surface area contributed by atoms with E-state index in [4.69, 9.17) is 28.7 Å². The van der Waals surface area contributed by atoms with Gasteiger partial charge in [-0.15, -0.1) is 0 Å². The molecule has 0 saturated carbocycles. The molecule has 1 fully saturated rings. The number of benzene rings is 1. The van der Waals surface area contributed by atoms with Crippen molar-refractivity contribution in [2.75, 3.05) is 33.0 Å². The van der Waals surface area contributed by atoms with Crippen molar-refractivity contribution in [1.82, 2.24) is 19.3 Å². The molecule has 1 aliphatic heterocycles. The molecule has 0 bridgehead atoms. The maximum atomic E-state index is 9.27. The van der Waals surface area contributed by atoms with Crippen molar-refractivity contribution in [1.29, 1.82) is 0 Å². The third kappa shape index (κ3) is 7.29. The van der Waals surface area contributed by atoms with Gasteiger partial charge in [-0.2, -0.15) is 5.10 Å². The van der Waals surface area contributed by atoms with Crippen LogP contribution in [0.15, 0.2) is 24.4 Å². The first-order chi connectivity index (χ1) is 18.5. The highest BCUT2D eigenvalue weighted by atomic mass is 28.4. The summed E-state index contributed by atoms with van der Waals surface area (Å²) in [4.78, 5) is 4.96. The number of rotatable bonds is 12. The molecular weight excluding hydrogens is 512 g/mol. The van der Waals surface area contributed by atoms with Gasteiger partial charge in [0.2, 0.25) is 8.32 Å². The van der Waals surface area contributed by atoms with Crippen molar-refractivity contribution in [3.05, 3.63) is 30.2 Å². The minimum Gasteiger partial charge on any atom is -0.543 e. The zero-order valence-corrected chi connectivity index (χ0v) is 25.7. The molecule has 0 radical (unpaired) electrons. The van der Waals surface area contributed by atoms with E-state index in [9.17, 15) is 5.11 Å². The molecular formula is C29H46N4O5Si. The Balaban J connectivity index is 1.58. The molecule has 1 unspecified atom stereocenters. The third-order valence-corrected chi connectivity index (χ3v) is 12.1. The summed E-state index contributed by atoms with van der Waals surface area (Å²) in [5.41, 5.74) is 2.71. The number of ether oxygens (including phenoxy) is 3. The van der Waals surface area contributed by atoms with Crippen LogP contribution in [0.3, 0.4) is 0 Å². The van der Waals surface area contributed by atoms with Crippen LogP contribution in [-0.2, 0) is 27.7 Å². The zero-order chi connectivity index (χ0) is 28.2. The van der Waals surface area contributed by atoms with Crippen LogP contribution >= 0.6 is 0 Å². The van der Waals surface area contributed by atoms with Gasteiger partial charge in [-0.1, -0.05) is 20.8 Å². The number of nitrogens with zero attached hydrogens (tertiary/aromatic N) is 4. The number of aliphatic hydroxyl groups excluding tert-OH is 1. The molecule has 4 rings (SSSR count). The number of imidazole rings is 1. The van der Waals surface area contributed by atoms with Crippen LogP contribution in [0.2, 0.25) is 18.1 Å². The summed E-state index contributed by atoms with van der Waals surface area (Å²) in [5, 5.41) is 15.5. The number of aromatic nitrogens is 4. The normalized spacial score (nSPS) is 17.6.